The molecular weight excluding hydrogens is 246 g/mol. The van der Waals surface area contributed by atoms with Gasteiger partial charge in [0.15, 0.2) is 5.82 Å². The fourth-order valence-corrected chi connectivity index (χ4v) is 2.23. The summed E-state index contributed by atoms with van der Waals surface area (Å²) in [5.74, 6) is 0.445. The molecule has 1 aromatic rings. The third-order valence-corrected chi connectivity index (χ3v) is 3.37. The minimum atomic E-state index is -0.213. The molecule has 2 rings (SSSR count). The van der Waals surface area contributed by atoms with Gasteiger partial charge in [-0.05, 0) is 33.1 Å². The van der Waals surface area contributed by atoms with E-state index in [0.717, 1.165) is 19.3 Å². The number of urea groups is 1. The molecule has 1 atom stereocenters. The van der Waals surface area contributed by atoms with E-state index >= 15 is 0 Å². The van der Waals surface area contributed by atoms with Crippen LogP contribution in [0.5, 0.6) is 0 Å². The van der Waals surface area contributed by atoms with Crippen molar-refractivity contribution in [3.05, 3.63) is 6.20 Å². The minimum Gasteiger partial charge on any atom is -0.394 e. The standard InChI is InChI=1S/C12H21N5O2/c1-9(2)17-7-11(14-15-17)13-12(19)16-6-4-3-5-10(16)8-18/h7,9-10,18H,3-6,8H2,1-2H3,(H,13,19). The minimum absolute atomic E-state index is 0.00606. The van der Waals surface area contributed by atoms with Crippen molar-refractivity contribution < 1.29 is 9.90 Å². The van der Waals surface area contributed by atoms with Gasteiger partial charge in [-0.1, -0.05) is 5.21 Å². The molecule has 7 nitrogen and oxygen atoms in total. The van der Waals surface area contributed by atoms with Gasteiger partial charge in [-0.25, -0.2) is 9.48 Å². The van der Waals surface area contributed by atoms with E-state index in [4.69, 9.17) is 0 Å². The molecule has 2 N–H and O–H groups in total. The van der Waals surface area contributed by atoms with Gasteiger partial charge in [0.1, 0.15) is 0 Å². The van der Waals surface area contributed by atoms with Gasteiger partial charge < -0.3 is 10.0 Å². The monoisotopic (exact) mass is 267 g/mol. The number of nitrogens with zero attached hydrogens (tertiary/aromatic N) is 4. The van der Waals surface area contributed by atoms with Crippen LogP contribution in [-0.4, -0.2) is 50.2 Å². The molecule has 0 radical (unpaired) electrons. The van der Waals surface area contributed by atoms with Gasteiger partial charge in [0.05, 0.1) is 18.8 Å². The van der Waals surface area contributed by atoms with Crippen molar-refractivity contribution in [3.63, 3.8) is 0 Å². The SMILES string of the molecule is CC(C)n1cc(NC(=O)N2CCCCC2CO)nn1. The maximum Gasteiger partial charge on any atom is 0.323 e. The van der Waals surface area contributed by atoms with Crippen molar-refractivity contribution in [2.75, 3.05) is 18.5 Å². The van der Waals surface area contributed by atoms with Crippen LogP contribution in [0.4, 0.5) is 10.6 Å². The summed E-state index contributed by atoms with van der Waals surface area (Å²) in [5, 5.41) is 19.9. The summed E-state index contributed by atoms with van der Waals surface area (Å²) in [4.78, 5) is 13.8. The second-order valence-electron chi connectivity index (χ2n) is 5.13. The Morgan fingerprint density at radius 2 is 2.37 bits per heavy atom. The first-order chi connectivity index (χ1) is 9.11. The molecule has 0 saturated carbocycles. The molecule has 1 unspecified atom stereocenters. The topological polar surface area (TPSA) is 83.3 Å². The Morgan fingerprint density at radius 1 is 1.58 bits per heavy atom. The molecule has 1 saturated heterocycles. The van der Waals surface area contributed by atoms with Gasteiger partial charge in [0, 0.05) is 12.6 Å². The number of rotatable bonds is 3. The highest BCUT2D eigenvalue weighted by Crippen LogP contribution is 2.18. The van der Waals surface area contributed by atoms with Gasteiger partial charge in [0.2, 0.25) is 0 Å². The van der Waals surface area contributed by atoms with Crippen molar-refractivity contribution in [2.45, 2.75) is 45.2 Å². The zero-order valence-corrected chi connectivity index (χ0v) is 11.4. The van der Waals surface area contributed by atoms with E-state index < -0.39 is 0 Å². The number of carbonyl (C=O) groups excluding carboxylic acids is 1. The first-order valence-corrected chi connectivity index (χ1v) is 6.72. The van der Waals surface area contributed by atoms with Crippen LogP contribution in [0.2, 0.25) is 0 Å². The molecule has 1 aromatic heterocycles. The fourth-order valence-electron chi connectivity index (χ4n) is 2.23. The molecule has 1 aliphatic heterocycles. The van der Waals surface area contributed by atoms with Crippen LogP contribution in [0.1, 0.15) is 39.2 Å². The quantitative estimate of drug-likeness (QED) is 0.863. The number of amides is 2. The molecule has 1 fully saturated rings. The molecule has 2 amide bonds. The third kappa shape index (κ3) is 3.23. The number of piperidine rings is 1. The Morgan fingerprint density at radius 3 is 3.00 bits per heavy atom. The summed E-state index contributed by atoms with van der Waals surface area (Å²) in [6, 6.07) is -0.0956. The fraction of sp³-hybridized carbons (Fsp3) is 0.750. The average molecular weight is 267 g/mol. The number of likely N-dealkylation sites (tertiary alicyclic amines) is 1. The normalized spacial score (nSPS) is 19.8. The van der Waals surface area contributed by atoms with E-state index in [1.807, 2.05) is 13.8 Å². The Balaban J connectivity index is 1.99. The van der Waals surface area contributed by atoms with Crippen LogP contribution in [0.15, 0.2) is 6.20 Å². The molecule has 0 aliphatic carbocycles. The predicted octanol–water partition coefficient (Wildman–Crippen LogP) is 1.24. The second kappa shape index (κ2) is 6.01. The number of aromatic nitrogens is 3. The lowest BCUT2D eigenvalue weighted by atomic mass is 10.0. The van der Waals surface area contributed by atoms with E-state index in [1.165, 1.54) is 0 Å². The highest BCUT2D eigenvalue weighted by atomic mass is 16.3. The number of aliphatic hydroxyl groups is 1. The third-order valence-electron chi connectivity index (χ3n) is 3.37. The number of anilines is 1. The Labute approximate surface area is 112 Å². The van der Waals surface area contributed by atoms with Crippen LogP contribution in [0, 0.1) is 0 Å². The molecule has 0 aromatic carbocycles. The first kappa shape index (κ1) is 13.8. The summed E-state index contributed by atoms with van der Waals surface area (Å²) >= 11 is 0. The number of aliphatic hydroxyl groups excluding tert-OH is 1. The Hall–Kier alpha value is -1.63. The maximum absolute atomic E-state index is 12.1. The highest BCUT2D eigenvalue weighted by Gasteiger charge is 2.26. The van der Waals surface area contributed by atoms with Gasteiger partial charge in [-0.2, -0.15) is 0 Å². The second-order valence-corrected chi connectivity index (χ2v) is 5.13. The summed E-state index contributed by atoms with van der Waals surface area (Å²) in [5.41, 5.74) is 0. The van der Waals surface area contributed by atoms with Crippen LogP contribution in [0.25, 0.3) is 0 Å². The first-order valence-electron chi connectivity index (χ1n) is 6.72. The van der Waals surface area contributed by atoms with E-state index in [-0.39, 0.29) is 24.7 Å². The highest BCUT2D eigenvalue weighted by molar-refractivity contribution is 5.88. The van der Waals surface area contributed by atoms with E-state index in [9.17, 15) is 9.90 Å². The molecule has 2 heterocycles. The Kier molecular flexibility index (Phi) is 4.36. The number of carbonyl (C=O) groups is 1. The smallest absolute Gasteiger partial charge is 0.323 e. The molecule has 7 heteroatoms. The molecule has 1 aliphatic rings. The summed E-state index contributed by atoms with van der Waals surface area (Å²) in [6.45, 7) is 4.67. The number of hydrogen-bond acceptors (Lipinski definition) is 4. The van der Waals surface area contributed by atoms with Crippen molar-refractivity contribution >= 4 is 11.8 Å². The van der Waals surface area contributed by atoms with Crippen molar-refractivity contribution in [1.82, 2.24) is 19.9 Å². The zero-order valence-electron chi connectivity index (χ0n) is 11.4. The van der Waals surface area contributed by atoms with E-state index in [0.29, 0.717) is 12.4 Å². The van der Waals surface area contributed by atoms with Crippen LogP contribution in [-0.2, 0) is 0 Å². The average Bonchev–Trinajstić information content (AvgIpc) is 2.87. The molecular formula is C12H21N5O2. The van der Waals surface area contributed by atoms with Gasteiger partial charge in [-0.3, -0.25) is 5.32 Å². The predicted molar refractivity (Wildman–Crippen MR) is 70.9 cm³/mol. The number of nitrogens with one attached hydrogen (secondary N) is 1. The maximum atomic E-state index is 12.1. The Bertz CT molecular complexity index is 432. The molecule has 106 valence electrons. The lowest BCUT2D eigenvalue weighted by Crippen LogP contribution is -2.47. The van der Waals surface area contributed by atoms with Gasteiger partial charge in [0.25, 0.3) is 0 Å². The van der Waals surface area contributed by atoms with Crippen molar-refractivity contribution in [1.29, 1.82) is 0 Å². The number of hydrogen-bond donors (Lipinski definition) is 2. The summed E-state index contributed by atoms with van der Waals surface area (Å²) in [6.07, 6.45) is 4.59. The largest absolute Gasteiger partial charge is 0.394 e. The van der Waals surface area contributed by atoms with Crippen LogP contribution in [0.3, 0.4) is 0 Å². The van der Waals surface area contributed by atoms with Crippen LogP contribution >= 0.6 is 0 Å². The molecule has 19 heavy (non-hydrogen) atoms. The summed E-state index contributed by atoms with van der Waals surface area (Å²) in [7, 11) is 0. The van der Waals surface area contributed by atoms with Gasteiger partial charge >= 0.3 is 6.03 Å². The molecule has 0 bridgehead atoms. The van der Waals surface area contributed by atoms with Gasteiger partial charge in [-0.15, -0.1) is 5.10 Å². The van der Waals surface area contributed by atoms with E-state index in [2.05, 4.69) is 15.6 Å². The zero-order chi connectivity index (χ0) is 13.8. The lowest BCUT2D eigenvalue weighted by Gasteiger charge is -2.34. The lowest BCUT2D eigenvalue weighted by molar-refractivity contribution is 0.115. The van der Waals surface area contributed by atoms with Crippen molar-refractivity contribution in [3.8, 4) is 0 Å². The summed E-state index contributed by atoms with van der Waals surface area (Å²) < 4.78 is 1.69. The van der Waals surface area contributed by atoms with E-state index in [1.54, 1.807) is 15.8 Å². The van der Waals surface area contributed by atoms with Crippen molar-refractivity contribution in [2.24, 2.45) is 0 Å². The van der Waals surface area contributed by atoms with Crippen LogP contribution < -0.4 is 5.32 Å². The molecule has 0 spiro atoms.